The Morgan fingerprint density at radius 2 is 1.67 bits per heavy atom. The molecule has 1 atom stereocenters. The average molecular weight is 212 g/mol. The van der Waals surface area contributed by atoms with Gasteiger partial charge in [-0.2, -0.15) is 0 Å². The maximum atomic E-state index is 3.61. The molecule has 2 nitrogen and oxygen atoms in total. The van der Waals surface area contributed by atoms with E-state index >= 15 is 0 Å². The predicted molar refractivity (Wildman–Crippen MR) is 67.2 cm³/mol. The molecule has 1 rings (SSSR count). The highest BCUT2D eigenvalue weighted by Crippen LogP contribution is 2.12. The van der Waals surface area contributed by atoms with Gasteiger partial charge in [-0.05, 0) is 38.4 Å². The smallest absolute Gasteiger partial charge is 0.0217 e. The largest absolute Gasteiger partial charge is 0.313 e. The zero-order valence-corrected chi connectivity index (χ0v) is 10.8. The van der Waals surface area contributed by atoms with Crippen molar-refractivity contribution >= 4 is 0 Å². The minimum absolute atomic E-state index is 0.674. The summed E-state index contributed by atoms with van der Waals surface area (Å²) in [7, 11) is 0. The van der Waals surface area contributed by atoms with E-state index in [9.17, 15) is 0 Å². The van der Waals surface area contributed by atoms with Crippen molar-refractivity contribution in [2.24, 2.45) is 5.92 Å². The van der Waals surface area contributed by atoms with E-state index in [4.69, 9.17) is 0 Å². The molecule has 0 aromatic carbocycles. The van der Waals surface area contributed by atoms with Crippen LogP contribution in [0.25, 0.3) is 0 Å². The molecule has 0 bridgehead atoms. The van der Waals surface area contributed by atoms with Crippen LogP contribution in [0.3, 0.4) is 0 Å². The number of nitrogens with one attached hydrogen (secondary N) is 1. The Labute approximate surface area is 95.4 Å². The lowest BCUT2D eigenvalue weighted by molar-refractivity contribution is 0.225. The fraction of sp³-hybridized carbons (Fsp3) is 1.00. The third-order valence-electron chi connectivity index (χ3n) is 3.42. The zero-order valence-electron chi connectivity index (χ0n) is 10.8. The maximum absolute atomic E-state index is 3.61. The molecule has 0 amide bonds. The van der Waals surface area contributed by atoms with Crippen LogP contribution in [0.1, 0.15) is 46.5 Å². The van der Waals surface area contributed by atoms with Crippen molar-refractivity contribution in [1.29, 1.82) is 0 Å². The number of nitrogens with zero attached hydrogens (tertiary/aromatic N) is 1. The summed E-state index contributed by atoms with van der Waals surface area (Å²) < 4.78 is 0. The molecular formula is C13H28N2. The van der Waals surface area contributed by atoms with Crippen molar-refractivity contribution in [2.45, 2.75) is 52.5 Å². The first-order valence-corrected chi connectivity index (χ1v) is 6.69. The predicted octanol–water partition coefficient (Wildman–Crippen LogP) is 2.50. The SMILES string of the molecule is CCNC(CN1CCCCCC1)C(C)C. The Balaban J connectivity index is 2.34. The summed E-state index contributed by atoms with van der Waals surface area (Å²) in [4.78, 5) is 2.65. The fourth-order valence-corrected chi connectivity index (χ4v) is 2.37. The van der Waals surface area contributed by atoms with Crippen LogP contribution in [-0.2, 0) is 0 Å². The van der Waals surface area contributed by atoms with E-state index in [0.29, 0.717) is 6.04 Å². The molecule has 1 unspecified atom stereocenters. The molecule has 1 N–H and O–H groups in total. The number of hydrogen-bond donors (Lipinski definition) is 1. The van der Waals surface area contributed by atoms with Gasteiger partial charge in [0.2, 0.25) is 0 Å². The van der Waals surface area contributed by atoms with Crippen molar-refractivity contribution in [3.63, 3.8) is 0 Å². The van der Waals surface area contributed by atoms with Gasteiger partial charge in [-0.15, -0.1) is 0 Å². The third kappa shape index (κ3) is 4.98. The van der Waals surface area contributed by atoms with Crippen molar-refractivity contribution in [3.8, 4) is 0 Å². The summed E-state index contributed by atoms with van der Waals surface area (Å²) in [6.07, 6.45) is 5.67. The van der Waals surface area contributed by atoms with Crippen molar-refractivity contribution in [1.82, 2.24) is 10.2 Å². The molecule has 15 heavy (non-hydrogen) atoms. The van der Waals surface area contributed by atoms with Crippen LogP contribution < -0.4 is 5.32 Å². The molecule has 0 spiro atoms. The molecule has 0 radical (unpaired) electrons. The first kappa shape index (κ1) is 13.0. The molecule has 0 saturated carbocycles. The third-order valence-corrected chi connectivity index (χ3v) is 3.42. The normalized spacial score (nSPS) is 21.6. The summed E-state index contributed by atoms with van der Waals surface area (Å²) in [6, 6.07) is 0.674. The van der Waals surface area contributed by atoms with Gasteiger partial charge in [0.25, 0.3) is 0 Å². The average Bonchev–Trinajstić information content (AvgIpc) is 2.45. The van der Waals surface area contributed by atoms with Gasteiger partial charge in [-0.25, -0.2) is 0 Å². The standard InChI is InChI=1S/C13H28N2/c1-4-14-13(12(2)3)11-15-9-7-5-6-8-10-15/h12-14H,4-11H2,1-3H3. The number of hydrogen-bond acceptors (Lipinski definition) is 2. The minimum atomic E-state index is 0.674. The highest BCUT2D eigenvalue weighted by Gasteiger charge is 2.17. The van der Waals surface area contributed by atoms with Crippen LogP contribution >= 0.6 is 0 Å². The Kier molecular flexibility index (Phi) is 6.26. The second kappa shape index (κ2) is 7.24. The second-order valence-corrected chi connectivity index (χ2v) is 5.12. The lowest BCUT2D eigenvalue weighted by Gasteiger charge is -2.29. The van der Waals surface area contributed by atoms with E-state index in [0.717, 1.165) is 12.5 Å². The van der Waals surface area contributed by atoms with Gasteiger partial charge in [0.1, 0.15) is 0 Å². The first-order valence-electron chi connectivity index (χ1n) is 6.69. The summed E-state index contributed by atoms with van der Waals surface area (Å²) in [5.74, 6) is 0.744. The molecule has 0 aliphatic carbocycles. The number of likely N-dealkylation sites (N-methyl/N-ethyl adjacent to an activating group) is 1. The summed E-state index contributed by atoms with van der Waals surface area (Å²) in [6.45, 7) is 11.8. The highest BCUT2D eigenvalue weighted by molar-refractivity contribution is 4.75. The topological polar surface area (TPSA) is 15.3 Å². The van der Waals surface area contributed by atoms with Gasteiger partial charge in [-0.1, -0.05) is 33.6 Å². The summed E-state index contributed by atoms with van der Waals surface area (Å²) in [5, 5.41) is 3.61. The fourth-order valence-electron chi connectivity index (χ4n) is 2.37. The summed E-state index contributed by atoms with van der Waals surface area (Å²) in [5.41, 5.74) is 0. The Morgan fingerprint density at radius 1 is 1.07 bits per heavy atom. The minimum Gasteiger partial charge on any atom is -0.313 e. The Hall–Kier alpha value is -0.0800. The zero-order chi connectivity index (χ0) is 11.1. The molecule has 1 saturated heterocycles. The van der Waals surface area contributed by atoms with Crippen molar-refractivity contribution < 1.29 is 0 Å². The number of rotatable bonds is 5. The molecule has 2 heteroatoms. The highest BCUT2D eigenvalue weighted by atomic mass is 15.1. The van der Waals surface area contributed by atoms with E-state index in [-0.39, 0.29) is 0 Å². The maximum Gasteiger partial charge on any atom is 0.0217 e. The van der Waals surface area contributed by atoms with E-state index in [1.54, 1.807) is 0 Å². The van der Waals surface area contributed by atoms with Crippen LogP contribution in [-0.4, -0.2) is 37.1 Å². The van der Waals surface area contributed by atoms with Crippen LogP contribution in [0.5, 0.6) is 0 Å². The Bertz CT molecular complexity index is 149. The van der Waals surface area contributed by atoms with Gasteiger partial charge in [0.15, 0.2) is 0 Å². The molecule has 0 aromatic rings. The molecule has 0 aromatic heterocycles. The van der Waals surface area contributed by atoms with E-state index < -0.39 is 0 Å². The van der Waals surface area contributed by atoms with E-state index in [1.807, 2.05) is 0 Å². The van der Waals surface area contributed by atoms with Crippen LogP contribution in [0.2, 0.25) is 0 Å². The van der Waals surface area contributed by atoms with E-state index in [1.165, 1.54) is 45.3 Å². The van der Waals surface area contributed by atoms with Crippen LogP contribution in [0.15, 0.2) is 0 Å². The van der Waals surface area contributed by atoms with Gasteiger partial charge >= 0.3 is 0 Å². The lowest BCUT2D eigenvalue weighted by atomic mass is 10.0. The van der Waals surface area contributed by atoms with E-state index in [2.05, 4.69) is 31.0 Å². The Morgan fingerprint density at radius 3 is 2.13 bits per heavy atom. The number of likely N-dealkylation sites (tertiary alicyclic amines) is 1. The summed E-state index contributed by atoms with van der Waals surface area (Å²) >= 11 is 0. The molecule has 1 aliphatic heterocycles. The first-order chi connectivity index (χ1) is 7.24. The quantitative estimate of drug-likeness (QED) is 0.753. The second-order valence-electron chi connectivity index (χ2n) is 5.12. The molecular weight excluding hydrogens is 184 g/mol. The van der Waals surface area contributed by atoms with Crippen LogP contribution in [0, 0.1) is 5.92 Å². The van der Waals surface area contributed by atoms with Crippen LogP contribution in [0.4, 0.5) is 0 Å². The molecule has 1 heterocycles. The monoisotopic (exact) mass is 212 g/mol. The van der Waals surface area contributed by atoms with Gasteiger partial charge in [0, 0.05) is 12.6 Å². The van der Waals surface area contributed by atoms with Gasteiger partial charge < -0.3 is 10.2 Å². The van der Waals surface area contributed by atoms with Gasteiger partial charge in [-0.3, -0.25) is 0 Å². The van der Waals surface area contributed by atoms with Crippen molar-refractivity contribution in [3.05, 3.63) is 0 Å². The molecule has 90 valence electrons. The van der Waals surface area contributed by atoms with Crippen molar-refractivity contribution in [2.75, 3.05) is 26.2 Å². The lowest BCUT2D eigenvalue weighted by Crippen LogP contribution is -2.44. The molecule has 1 aliphatic rings. The molecule has 1 fully saturated rings. The van der Waals surface area contributed by atoms with Gasteiger partial charge in [0.05, 0.1) is 0 Å².